The number of anilines is 2. The van der Waals surface area contributed by atoms with Crippen LogP contribution in [0.2, 0.25) is 0 Å². The van der Waals surface area contributed by atoms with Crippen molar-refractivity contribution in [3.8, 4) is 17.2 Å². The van der Waals surface area contributed by atoms with E-state index < -0.39 is 0 Å². The van der Waals surface area contributed by atoms with Gasteiger partial charge >= 0.3 is 0 Å². The summed E-state index contributed by atoms with van der Waals surface area (Å²) in [5, 5.41) is 5.98. The number of nitrogens with one attached hydrogen (secondary N) is 2. The Morgan fingerprint density at radius 3 is 2.71 bits per heavy atom. The van der Waals surface area contributed by atoms with Gasteiger partial charge in [0.2, 0.25) is 6.79 Å². The van der Waals surface area contributed by atoms with Crippen molar-refractivity contribution < 1.29 is 19.0 Å². The minimum atomic E-state index is -0.339. The van der Waals surface area contributed by atoms with Gasteiger partial charge in [-0.2, -0.15) is 0 Å². The number of aromatic nitrogens is 2. The van der Waals surface area contributed by atoms with Crippen LogP contribution in [-0.4, -0.2) is 29.8 Å². The van der Waals surface area contributed by atoms with E-state index in [1.807, 2.05) is 24.3 Å². The molecule has 2 N–H and O–H groups in total. The number of methoxy groups -OCH3 is 1. The van der Waals surface area contributed by atoms with Gasteiger partial charge in [0.05, 0.1) is 7.11 Å². The van der Waals surface area contributed by atoms with Gasteiger partial charge in [-0.3, -0.25) is 4.79 Å². The molecule has 3 aromatic rings. The monoisotopic (exact) mass is 378 g/mol. The lowest BCUT2D eigenvalue weighted by atomic mass is 10.2. The minimum absolute atomic E-state index is 0.182. The van der Waals surface area contributed by atoms with Gasteiger partial charge < -0.3 is 24.8 Å². The van der Waals surface area contributed by atoms with E-state index in [1.165, 1.54) is 6.33 Å². The Labute approximate surface area is 161 Å². The summed E-state index contributed by atoms with van der Waals surface area (Å²) in [6.45, 7) is 0.742. The normalized spacial score (nSPS) is 11.8. The zero-order chi connectivity index (χ0) is 19.3. The van der Waals surface area contributed by atoms with Crippen LogP contribution in [0.25, 0.3) is 0 Å². The van der Waals surface area contributed by atoms with Gasteiger partial charge in [0, 0.05) is 24.4 Å². The van der Waals surface area contributed by atoms with Crippen LogP contribution in [-0.2, 0) is 6.54 Å². The fourth-order valence-electron chi connectivity index (χ4n) is 2.68. The van der Waals surface area contributed by atoms with Gasteiger partial charge in [-0.15, -0.1) is 0 Å². The van der Waals surface area contributed by atoms with Gasteiger partial charge in [-0.25, -0.2) is 9.97 Å². The maximum Gasteiger partial charge on any atom is 0.274 e. The number of amides is 1. The van der Waals surface area contributed by atoms with Crippen LogP contribution >= 0.6 is 0 Å². The van der Waals surface area contributed by atoms with Crippen LogP contribution in [0.5, 0.6) is 17.2 Å². The van der Waals surface area contributed by atoms with Gasteiger partial charge in [0.25, 0.3) is 5.91 Å². The van der Waals surface area contributed by atoms with Crippen molar-refractivity contribution >= 4 is 17.4 Å². The molecule has 1 aliphatic rings. The molecule has 8 heteroatoms. The fraction of sp³-hybridized carbons (Fsp3) is 0.150. The molecule has 1 aromatic heterocycles. The summed E-state index contributed by atoms with van der Waals surface area (Å²) in [7, 11) is 1.63. The molecule has 0 bridgehead atoms. The second kappa shape index (κ2) is 7.83. The Kier molecular flexibility index (Phi) is 4.92. The molecule has 0 aliphatic carbocycles. The van der Waals surface area contributed by atoms with Gasteiger partial charge in [0.1, 0.15) is 23.6 Å². The van der Waals surface area contributed by atoms with Crippen LogP contribution in [0.15, 0.2) is 54.9 Å². The Hall–Kier alpha value is -3.81. The smallest absolute Gasteiger partial charge is 0.274 e. The predicted molar refractivity (Wildman–Crippen MR) is 103 cm³/mol. The Morgan fingerprint density at radius 2 is 1.89 bits per heavy atom. The highest BCUT2D eigenvalue weighted by Crippen LogP contribution is 2.34. The Balaban J connectivity index is 1.40. The minimum Gasteiger partial charge on any atom is -0.497 e. The quantitative estimate of drug-likeness (QED) is 0.681. The fourth-order valence-corrected chi connectivity index (χ4v) is 2.68. The van der Waals surface area contributed by atoms with E-state index in [1.54, 1.807) is 31.4 Å². The summed E-state index contributed by atoms with van der Waals surface area (Å²) < 4.78 is 15.7. The first kappa shape index (κ1) is 17.6. The zero-order valence-electron chi connectivity index (χ0n) is 15.1. The summed E-state index contributed by atoms with van der Waals surface area (Å²) in [5.74, 6) is 2.27. The van der Waals surface area contributed by atoms with Crippen molar-refractivity contribution in [2.45, 2.75) is 6.54 Å². The lowest BCUT2D eigenvalue weighted by molar-refractivity contribution is 0.102. The standard InChI is InChI=1S/C20H18N4O4/c1-26-15-5-2-13(3-6-15)10-21-19-9-16(22-11-23-19)20(25)24-14-4-7-17-18(8-14)28-12-27-17/h2-9,11H,10,12H2,1H3,(H,24,25)(H,21,22,23). The largest absolute Gasteiger partial charge is 0.497 e. The molecule has 2 aromatic carbocycles. The van der Waals surface area contributed by atoms with Crippen LogP contribution in [0.4, 0.5) is 11.5 Å². The van der Waals surface area contributed by atoms with E-state index in [0.29, 0.717) is 29.5 Å². The van der Waals surface area contributed by atoms with Crippen molar-refractivity contribution in [3.63, 3.8) is 0 Å². The predicted octanol–water partition coefficient (Wildman–Crippen LogP) is 3.08. The SMILES string of the molecule is COc1ccc(CNc2cc(C(=O)Nc3ccc4c(c3)OCO4)ncn2)cc1. The molecule has 0 fully saturated rings. The summed E-state index contributed by atoms with van der Waals surface area (Å²) in [4.78, 5) is 20.7. The number of carbonyl (C=O) groups is 1. The highest BCUT2D eigenvalue weighted by molar-refractivity contribution is 6.03. The first-order valence-electron chi connectivity index (χ1n) is 8.61. The van der Waals surface area contributed by atoms with Crippen molar-refractivity contribution in [1.82, 2.24) is 9.97 Å². The van der Waals surface area contributed by atoms with Crippen LogP contribution in [0, 0.1) is 0 Å². The van der Waals surface area contributed by atoms with E-state index >= 15 is 0 Å². The summed E-state index contributed by atoms with van der Waals surface area (Å²) in [6, 6.07) is 14.5. The van der Waals surface area contributed by atoms with E-state index in [2.05, 4.69) is 20.6 Å². The number of benzene rings is 2. The molecule has 0 atom stereocenters. The van der Waals surface area contributed by atoms with Crippen molar-refractivity contribution in [1.29, 1.82) is 0 Å². The second-order valence-corrected chi connectivity index (χ2v) is 6.01. The van der Waals surface area contributed by atoms with E-state index in [0.717, 1.165) is 11.3 Å². The number of fused-ring (bicyclic) bond motifs is 1. The molecule has 0 saturated carbocycles. The molecule has 2 heterocycles. The van der Waals surface area contributed by atoms with Crippen LogP contribution in [0.1, 0.15) is 16.1 Å². The molecular formula is C20H18N4O4. The number of nitrogens with zero attached hydrogens (tertiary/aromatic N) is 2. The van der Waals surface area contributed by atoms with E-state index in [-0.39, 0.29) is 18.4 Å². The first-order valence-corrected chi connectivity index (χ1v) is 8.61. The topological polar surface area (TPSA) is 94.6 Å². The first-order chi connectivity index (χ1) is 13.7. The summed E-state index contributed by atoms with van der Waals surface area (Å²) >= 11 is 0. The zero-order valence-corrected chi connectivity index (χ0v) is 15.1. The third-order valence-electron chi connectivity index (χ3n) is 4.16. The molecule has 8 nitrogen and oxygen atoms in total. The van der Waals surface area contributed by atoms with Gasteiger partial charge in [0.15, 0.2) is 11.5 Å². The summed E-state index contributed by atoms with van der Waals surface area (Å²) in [6.07, 6.45) is 1.35. The van der Waals surface area contributed by atoms with Gasteiger partial charge in [-0.05, 0) is 29.8 Å². The van der Waals surface area contributed by atoms with Crippen LogP contribution < -0.4 is 24.8 Å². The molecule has 0 saturated heterocycles. The third kappa shape index (κ3) is 3.96. The third-order valence-corrected chi connectivity index (χ3v) is 4.16. The lowest BCUT2D eigenvalue weighted by Gasteiger charge is -2.09. The number of rotatable bonds is 6. The molecular weight excluding hydrogens is 360 g/mol. The Bertz CT molecular complexity index is 992. The molecule has 1 amide bonds. The van der Waals surface area contributed by atoms with E-state index in [9.17, 15) is 4.79 Å². The molecule has 0 spiro atoms. The molecule has 4 rings (SSSR count). The van der Waals surface area contributed by atoms with Crippen molar-refractivity contribution in [2.75, 3.05) is 24.5 Å². The number of carbonyl (C=O) groups excluding carboxylic acids is 1. The number of hydrogen-bond donors (Lipinski definition) is 2. The maximum atomic E-state index is 12.5. The molecule has 1 aliphatic heterocycles. The number of hydrogen-bond acceptors (Lipinski definition) is 7. The molecule has 28 heavy (non-hydrogen) atoms. The highest BCUT2D eigenvalue weighted by atomic mass is 16.7. The van der Waals surface area contributed by atoms with Crippen molar-refractivity contribution in [2.24, 2.45) is 0 Å². The lowest BCUT2D eigenvalue weighted by Crippen LogP contribution is -2.14. The molecule has 0 radical (unpaired) electrons. The van der Waals surface area contributed by atoms with E-state index in [4.69, 9.17) is 14.2 Å². The molecule has 142 valence electrons. The van der Waals surface area contributed by atoms with Crippen molar-refractivity contribution in [3.05, 3.63) is 66.1 Å². The summed E-state index contributed by atoms with van der Waals surface area (Å²) in [5.41, 5.74) is 1.91. The highest BCUT2D eigenvalue weighted by Gasteiger charge is 2.15. The average molecular weight is 378 g/mol. The van der Waals surface area contributed by atoms with Gasteiger partial charge in [-0.1, -0.05) is 12.1 Å². The molecule has 0 unspecified atom stereocenters. The second-order valence-electron chi connectivity index (χ2n) is 6.01. The van der Waals surface area contributed by atoms with Crippen LogP contribution in [0.3, 0.4) is 0 Å². The maximum absolute atomic E-state index is 12.5. The Morgan fingerprint density at radius 1 is 1.07 bits per heavy atom. The average Bonchev–Trinajstić information content (AvgIpc) is 3.21. The number of ether oxygens (including phenoxy) is 3.